The van der Waals surface area contributed by atoms with Gasteiger partial charge in [-0.25, -0.2) is 0 Å². The van der Waals surface area contributed by atoms with Crippen LogP contribution in [0.1, 0.15) is 0 Å². The van der Waals surface area contributed by atoms with E-state index in [1.54, 1.807) is 0 Å². The zero-order valence-corrected chi connectivity index (χ0v) is 4.61. The van der Waals surface area contributed by atoms with E-state index in [9.17, 15) is 0 Å². The van der Waals surface area contributed by atoms with Gasteiger partial charge in [0, 0.05) is 17.1 Å². The van der Waals surface area contributed by atoms with Crippen LogP contribution in [-0.2, 0) is 41.4 Å². The Bertz CT molecular complexity index is 8.00. The topological polar surface area (TPSA) is 17.1 Å². The van der Waals surface area contributed by atoms with Crippen molar-refractivity contribution in [1.82, 2.24) is 0 Å². The third-order valence-electron chi connectivity index (χ3n) is 0. The Labute approximate surface area is 59.8 Å². The second-order valence-electron chi connectivity index (χ2n) is 0. The van der Waals surface area contributed by atoms with Crippen LogP contribution in [0.25, 0.3) is 0 Å². The molecular weight excluding hydrogens is 171 g/mol. The fourth-order valence-electron chi connectivity index (χ4n) is 0. The van der Waals surface area contributed by atoms with Gasteiger partial charge in [0.1, 0.15) is 0 Å². The fraction of sp³-hybridized carbons (Fsp3) is 0. The van der Waals surface area contributed by atoms with E-state index in [1.807, 2.05) is 0 Å². The summed E-state index contributed by atoms with van der Waals surface area (Å²) < 4.78 is 8.30. The summed E-state index contributed by atoms with van der Waals surface area (Å²) in [5, 5.41) is 0. The summed E-state index contributed by atoms with van der Waals surface area (Å²) in [4.78, 5) is 0. The average molecular weight is 172 g/mol. The third-order valence-corrected chi connectivity index (χ3v) is 0. The molecule has 0 aromatic rings. The predicted octanol–water partition coefficient (Wildman–Crippen LogP) is -0.772. The van der Waals surface area contributed by atoms with Crippen LogP contribution in [0.2, 0.25) is 0 Å². The van der Waals surface area contributed by atoms with Crippen molar-refractivity contribution in [2.75, 3.05) is 0 Å². The molecule has 0 atom stereocenters. The molecule has 0 amide bonds. The van der Waals surface area contributed by atoms with Crippen LogP contribution in [-0.4, -0.2) is 18.9 Å². The maximum absolute atomic E-state index is 8.30. The van der Waals surface area contributed by atoms with E-state index in [4.69, 9.17) is 3.25 Å². The summed E-state index contributed by atoms with van der Waals surface area (Å²) in [6.07, 6.45) is 0. The van der Waals surface area contributed by atoms with Gasteiger partial charge in [-0.2, -0.15) is 0 Å². The van der Waals surface area contributed by atoms with E-state index in [0.29, 0.717) is 21.0 Å². The Hall–Kier alpha value is 1.66. The average Bonchev–Trinajstić information content (AvgIpc) is 1.00. The Morgan fingerprint density at radius 1 is 1.25 bits per heavy atom. The molecule has 0 unspecified atom stereocenters. The summed E-state index contributed by atoms with van der Waals surface area (Å²) in [6, 6.07) is 0. The van der Waals surface area contributed by atoms with E-state index >= 15 is 0 Å². The minimum atomic E-state index is 0. The predicted molar refractivity (Wildman–Crippen MR) is 7.84 cm³/mol. The van der Waals surface area contributed by atoms with E-state index in [-0.39, 0.29) is 35.9 Å². The molecule has 4 heavy (non-hydrogen) atoms. The molecule has 1 radical (unpaired) electrons. The molecule has 0 aromatic heterocycles. The molecule has 0 saturated heterocycles. The van der Waals surface area contributed by atoms with Crippen molar-refractivity contribution in [3.63, 3.8) is 0 Å². The Kier molecular flexibility index (Phi) is 98.5. The van der Waals surface area contributed by atoms with E-state index < -0.39 is 0 Å². The van der Waals surface area contributed by atoms with Crippen LogP contribution in [0.5, 0.6) is 0 Å². The molecule has 0 N–H and O–H groups in total. The van der Waals surface area contributed by atoms with Crippen molar-refractivity contribution < 1.29 is 41.4 Å². The van der Waals surface area contributed by atoms with Crippen LogP contribution in [0.3, 0.4) is 0 Å². The van der Waals surface area contributed by atoms with Crippen molar-refractivity contribution in [2.24, 2.45) is 0 Å². The van der Waals surface area contributed by atoms with Crippen LogP contribution in [0.4, 0.5) is 0 Å². The first-order valence-electron chi connectivity index (χ1n) is 0.183. The summed E-state index contributed by atoms with van der Waals surface area (Å²) in [6.45, 7) is 0. The second kappa shape index (κ2) is 22.7. The van der Waals surface area contributed by atoms with Gasteiger partial charge in [0.2, 0.25) is 0 Å². The zero-order chi connectivity index (χ0) is 2.00. The van der Waals surface area contributed by atoms with Crippen molar-refractivity contribution in [1.29, 1.82) is 0 Å². The Morgan fingerprint density at radius 3 is 1.25 bits per heavy atom. The van der Waals surface area contributed by atoms with Crippen molar-refractivity contribution in [3.8, 4) is 0 Å². The van der Waals surface area contributed by atoms with Gasteiger partial charge in [-0.3, -0.25) is 0 Å². The van der Waals surface area contributed by atoms with Crippen LogP contribution in [0, 0.1) is 0 Å². The quantitative estimate of drug-likeness (QED) is 0.438. The van der Waals surface area contributed by atoms with Crippen molar-refractivity contribution >= 4 is 18.9 Å². The summed E-state index contributed by atoms with van der Waals surface area (Å²) in [5.74, 6) is 0. The Morgan fingerprint density at radius 2 is 1.25 bits per heavy atom. The number of hydrogen-bond acceptors (Lipinski definition) is 1. The molecule has 1 nitrogen and oxygen atoms in total. The first kappa shape index (κ1) is 17.4. The second-order valence-corrected chi connectivity index (χ2v) is 0. The van der Waals surface area contributed by atoms with E-state index in [0.717, 1.165) is 0 Å². The standard InChI is InChI=1S/Li.Mn.Nb.O.H. The Balaban J connectivity index is -0.00000000500. The monoisotopic (exact) mass is 172 g/mol. The van der Waals surface area contributed by atoms with Crippen LogP contribution >= 0.6 is 0 Å². The molecule has 0 aliphatic heterocycles. The minimum absolute atomic E-state index is 0. The molecule has 0 heterocycles. The summed E-state index contributed by atoms with van der Waals surface area (Å²) in [5.41, 5.74) is 0. The molecule has 4 heteroatoms. The third kappa shape index (κ3) is 9.40. The first-order chi connectivity index (χ1) is 1.00. The van der Waals surface area contributed by atoms with Gasteiger partial charge in [-0.1, -0.05) is 0 Å². The number of rotatable bonds is 0. The van der Waals surface area contributed by atoms with Crippen LogP contribution in [0.15, 0.2) is 0 Å². The van der Waals surface area contributed by atoms with Gasteiger partial charge in [0.05, 0.1) is 0 Å². The molecule has 0 fully saturated rings. The molecular formula is HLiMnNbO. The van der Waals surface area contributed by atoms with Gasteiger partial charge in [-0.05, 0) is 0 Å². The zero-order valence-electron chi connectivity index (χ0n) is 1.23. The molecule has 0 aliphatic rings. The summed E-state index contributed by atoms with van der Waals surface area (Å²) >= 11 is 0.500. The van der Waals surface area contributed by atoms with Gasteiger partial charge in [0.25, 0.3) is 0 Å². The molecule has 0 spiro atoms. The van der Waals surface area contributed by atoms with Gasteiger partial charge >= 0.3 is 43.2 Å². The van der Waals surface area contributed by atoms with E-state index in [1.165, 1.54) is 0 Å². The van der Waals surface area contributed by atoms with E-state index in [2.05, 4.69) is 0 Å². The van der Waals surface area contributed by atoms with Gasteiger partial charge < -0.3 is 0 Å². The van der Waals surface area contributed by atoms with Gasteiger partial charge in [0.15, 0.2) is 0 Å². The maximum atomic E-state index is 8.30. The molecule has 0 aliphatic carbocycles. The molecule has 0 saturated carbocycles. The van der Waals surface area contributed by atoms with Gasteiger partial charge in [-0.15, -0.1) is 0 Å². The molecule has 0 bridgehead atoms. The molecule has 20 valence electrons. The normalized spacial score (nSPS) is 0.750. The van der Waals surface area contributed by atoms with Crippen molar-refractivity contribution in [3.05, 3.63) is 0 Å². The summed E-state index contributed by atoms with van der Waals surface area (Å²) in [7, 11) is 0. The molecule has 0 rings (SSSR count). The van der Waals surface area contributed by atoms with Crippen molar-refractivity contribution in [2.45, 2.75) is 0 Å². The fourth-order valence-corrected chi connectivity index (χ4v) is 0. The number of hydrogen-bond donors (Lipinski definition) is 0. The van der Waals surface area contributed by atoms with Crippen LogP contribution < -0.4 is 0 Å². The molecule has 0 aromatic carbocycles. The first-order valence-corrected chi connectivity index (χ1v) is 1.08. The SMILES string of the molecule is [LiH].[Mn].[O]=[Nb].